The van der Waals surface area contributed by atoms with Crippen LogP contribution in [0.1, 0.15) is 92.0 Å². The summed E-state index contributed by atoms with van der Waals surface area (Å²) >= 11 is 0. The second-order valence-electron chi connectivity index (χ2n) is 22.0. The summed E-state index contributed by atoms with van der Waals surface area (Å²) in [4.78, 5) is 2.53. The lowest BCUT2D eigenvalue weighted by Gasteiger charge is -2.31. The number of fused-ring (bicyclic) bond motifs is 12. The molecule has 2 nitrogen and oxygen atoms in total. The Morgan fingerprint density at radius 3 is 1.21 bits per heavy atom. The van der Waals surface area contributed by atoms with Gasteiger partial charge in [-0.2, -0.15) is 0 Å². The largest absolute Gasteiger partial charge is 0.485 e. The van der Waals surface area contributed by atoms with Crippen molar-refractivity contribution in [2.45, 2.75) is 69.8 Å². The standard InChI is InChI=1S/C69H55NO/c1-67(2)59-36-45(42-15-9-7-10-16-42)21-28-51(59)54-31-25-48(39-62(54)67)70(49-26-32-55-52-29-22-46(43-17-11-8-12-18-43)37-60(52)68(3,4)63(55)40-49)50-27-33-56-53-30-23-47(38-61(53)69(5,6)64(56)41-50)44-24-34-66-58(35-44)57-19-13-14-20-65(57)71-66/h7-41,58,66H,1-6H3. The van der Waals surface area contributed by atoms with E-state index in [-0.39, 0.29) is 28.3 Å². The highest BCUT2D eigenvalue weighted by atomic mass is 16.5. The summed E-state index contributed by atoms with van der Waals surface area (Å²) in [6.07, 6.45) is 6.97. The van der Waals surface area contributed by atoms with E-state index in [2.05, 4.69) is 259 Å². The van der Waals surface area contributed by atoms with E-state index in [0.29, 0.717) is 0 Å². The van der Waals surface area contributed by atoms with Gasteiger partial charge in [0.1, 0.15) is 11.9 Å². The quantitative estimate of drug-likeness (QED) is 0.165. The molecule has 0 spiro atoms. The van der Waals surface area contributed by atoms with Crippen LogP contribution in [0.15, 0.2) is 212 Å². The third-order valence-corrected chi connectivity index (χ3v) is 17.0. The molecular weight excluding hydrogens is 859 g/mol. The molecule has 0 amide bonds. The number of para-hydroxylation sites is 1. The van der Waals surface area contributed by atoms with Gasteiger partial charge >= 0.3 is 0 Å². The maximum absolute atomic E-state index is 6.34. The number of anilines is 3. The molecule has 342 valence electrons. The first-order valence-corrected chi connectivity index (χ1v) is 25.4. The van der Waals surface area contributed by atoms with E-state index in [1.807, 2.05) is 0 Å². The number of hydrogen-bond donors (Lipinski definition) is 0. The molecule has 0 bridgehead atoms. The number of rotatable bonds is 6. The Labute approximate surface area is 418 Å². The summed E-state index contributed by atoms with van der Waals surface area (Å²) < 4.78 is 6.34. The highest BCUT2D eigenvalue weighted by molar-refractivity contribution is 5.92. The van der Waals surface area contributed by atoms with Gasteiger partial charge < -0.3 is 9.64 Å². The maximum Gasteiger partial charge on any atom is 0.128 e. The van der Waals surface area contributed by atoms with E-state index in [1.165, 1.54) is 106 Å². The van der Waals surface area contributed by atoms with Gasteiger partial charge in [0.05, 0.1) is 0 Å². The predicted octanol–water partition coefficient (Wildman–Crippen LogP) is 17.9. The molecular formula is C69H55NO. The van der Waals surface area contributed by atoms with E-state index in [4.69, 9.17) is 4.74 Å². The maximum atomic E-state index is 6.34. The topological polar surface area (TPSA) is 12.5 Å². The third-order valence-electron chi connectivity index (χ3n) is 17.0. The second kappa shape index (κ2) is 15.0. The SMILES string of the molecule is CC1(C)c2cc(C3=CC4c5ccccc5OC4C=C3)ccc2-c2ccc(N(c3ccc4c(c3)C(C)(C)c3cc(-c5ccccc5)ccc3-4)c3ccc4c(c3)C(C)(C)c3cc(-c5ccccc5)ccc3-4)cc21. The number of ether oxygens (including phenoxy) is 1. The van der Waals surface area contributed by atoms with E-state index in [0.717, 1.165) is 22.8 Å². The summed E-state index contributed by atoms with van der Waals surface area (Å²) in [6.45, 7) is 14.4. The fourth-order valence-corrected chi connectivity index (χ4v) is 13.1. The van der Waals surface area contributed by atoms with Crippen molar-refractivity contribution in [2.75, 3.05) is 4.90 Å². The Kier molecular flexibility index (Phi) is 8.89. The molecule has 0 saturated heterocycles. The minimum Gasteiger partial charge on any atom is -0.485 e. The molecule has 1 heterocycles. The van der Waals surface area contributed by atoms with Crippen LogP contribution in [-0.4, -0.2) is 6.10 Å². The van der Waals surface area contributed by atoms with E-state index < -0.39 is 0 Å². The van der Waals surface area contributed by atoms with Crippen LogP contribution in [-0.2, 0) is 16.2 Å². The summed E-state index contributed by atoms with van der Waals surface area (Å²) in [7, 11) is 0. The van der Waals surface area contributed by atoms with Crippen LogP contribution in [0.3, 0.4) is 0 Å². The molecule has 1 aliphatic heterocycles. The molecule has 2 atom stereocenters. The molecule has 71 heavy (non-hydrogen) atoms. The van der Waals surface area contributed by atoms with Crippen LogP contribution < -0.4 is 9.64 Å². The summed E-state index contributed by atoms with van der Waals surface area (Å²) in [5.41, 5.74) is 27.7. The van der Waals surface area contributed by atoms with Crippen molar-refractivity contribution in [3.05, 3.63) is 257 Å². The average molecular weight is 914 g/mol. The summed E-state index contributed by atoms with van der Waals surface area (Å²) in [6, 6.07) is 73.0. The van der Waals surface area contributed by atoms with Gasteiger partial charge in [0, 0.05) is 44.8 Å². The zero-order valence-electron chi connectivity index (χ0n) is 41.2. The summed E-state index contributed by atoms with van der Waals surface area (Å²) in [5, 5.41) is 0. The predicted molar refractivity (Wildman–Crippen MR) is 295 cm³/mol. The van der Waals surface area contributed by atoms with Crippen molar-refractivity contribution in [1.29, 1.82) is 0 Å². The number of nitrogens with zero attached hydrogens (tertiary/aromatic N) is 1. The van der Waals surface area contributed by atoms with E-state index >= 15 is 0 Å². The van der Waals surface area contributed by atoms with Crippen LogP contribution in [0.5, 0.6) is 5.75 Å². The van der Waals surface area contributed by atoms with Gasteiger partial charge in [0.25, 0.3) is 0 Å². The fourth-order valence-electron chi connectivity index (χ4n) is 13.1. The van der Waals surface area contributed by atoms with Gasteiger partial charge in [0.15, 0.2) is 0 Å². The first-order valence-electron chi connectivity index (χ1n) is 25.4. The molecule has 0 radical (unpaired) electrons. The lowest BCUT2D eigenvalue weighted by molar-refractivity contribution is 0.269. The lowest BCUT2D eigenvalue weighted by Crippen LogP contribution is -2.19. The van der Waals surface area contributed by atoms with Crippen molar-refractivity contribution in [2.24, 2.45) is 0 Å². The number of hydrogen-bond acceptors (Lipinski definition) is 2. The van der Waals surface area contributed by atoms with Gasteiger partial charge in [-0.3, -0.25) is 0 Å². The van der Waals surface area contributed by atoms with Crippen LogP contribution in [0.25, 0.3) is 61.2 Å². The van der Waals surface area contributed by atoms with Crippen LogP contribution in [0, 0.1) is 0 Å². The zero-order valence-corrected chi connectivity index (χ0v) is 41.2. The fraction of sp³-hybridized carbons (Fsp3) is 0.159. The van der Waals surface area contributed by atoms with Gasteiger partial charge in [0.2, 0.25) is 0 Å². The first-order chi connectivity index (χ1) is 34.4. The Hall–Kier alpha value is -7.94. The normalized spacial score (nSPS) is 18.2. The highest BCUT2D eigenvalue weighted by Gasteiger charge is 2.41. The molecule has 9 aromatic rings. The van der Waals surface area contributed by atoms with Gasteiger partial charge in [-0.25, -0.2) is 0 Å². The number of benzene rings is 9. The molecule has 0 N–H and O–H groups in total. The summed E-state index contributed by atoms with van der Waals surface area (Å²) in [5.74, 6) is 1.21. The lowest BCUT2D eigenvalue weighted by atomic mass is 9.80. The zero-order chi connectivity index (χ0) is 48.0. The van der Waals surface area contributed by atoms with Crippen LogP contribution in [0.2, 0.25) is 0 Å². The van der Waals surface area contributed by atoms with E-state index in [9.17, 15) is 0 Å². The van der Waals surface area contributed by atoms with Crippen molar-refractivity contribution in [3.8, 4) is 61.4 Å². The molecule has 0 aromatic heterocycles. The highest BCUT2D eigenvalue weighted by Crippen LogP contribution is 2.56. The Morgan fingerprint density at radius 2 is 0.746 bits per heavy atom. The minimum absolute atomic E-state index is 0.0479. The molecule has 14 rings (SSSR count). The van der Waals surface area contributed by atoms with E-state index in [1.54, 1.807) is 0 Å². The Balaban J connectivity index is 0.882. The van der Waals surface area contributed by atoms with Crippen LogP contribution >= 0.6 is 0 Å². The first kappa shape index (κ1) is 42.0. The Morgan fingerprint density at radius 1 is 0.366 bits per heavy atom. The van der Waals surface area contributed by atoms with Gasteiger partial charge in [-0.1, -0.05) is 187 Å². The van der Waals surface area contributed by atoms with Gasteiger partial charge in [-0.15, -0.1) is 0 Å². The molecule has 5 aliphatic rings. The molecule has 4 aliphatic carbocycles. The number of allylic oxidation sites excluding steroid dienone is 2. The minimum atomic E-state index is -0.233. The van der Waals surface area contributed by atoms with Crippen molar-refractivity contribution in [1.82, 2.24) is 0 Å². The molecule has 2 unspecified atom stereocenters. The van der Waals surface area contributed by atoms with Crippen molar-refractivity contribution < 1.29 is 4.74 Å². The Bertz CT molecular complexity index is 3620. The molecule has 9 aromatic carbocycles. The monoisotopic (exact) mass is 913 g/mol. The average Bonchev–Trinajstić information content (AvgIpc) is 4.04. The molecule has 0 saturated carbocycles. The third kappa shape index (κ3) is 6.20. The smallest absolute Gasteiger partial charge is 0.128 e. The van der Waals surface area contributed by atoms with Crippen molar-refractivity contribution >= 4 is 22.6 Å². The van der Waals surface area contributed by atoms with Crippen molar-refractivity contribution in [3.63, 3.8) is 0 Å². The second-order valence-corrected chi connectivity index (χ2v) is 22.0. The molecule has 0 fully saturated rings. The molecule has 2 heteroatoms. The van der Waals surface area contributed by atoms with Crippen LogP contribution in [0.4, 0.5) is 17.1 Å². The van der Waals surface area contributed by atoms with Gasteiger partial charge in [-0.05, 0) is 167 Å².